The van der Waals surface area contributed by atoms with Crippen LogP contribution in [-0.2, 0) is 14.2 Å². The van der Waals surface area contributed by atoms with Crippen LogP contribution in [0.5, 0.6) is 0 Å². The van der Waals surface area contributed by atoms with Gasteiger partial charge in [0.25, 0.3) is 0 Å². The fraction of sp³-hybridized carbons (Fsp3) is 0.619. The molecule has 9 heteroatoms. The maximum absolute atomic E-state index is 13.1. The molecule has 0 unspecified atom stereocenters. The second kappa shape index (κ2) is 9.51. The van der Waals surface area contributed by atoms with E-state index in [0.29, 0.717) is 45.9 Å². The number of amides is 2. The molecule has 2 aliphatic heterocycles. The minimum Gasteiger partial charge on any atom is -0.447 e. The third kappa shape index (κ3) is 6.22. The lowest BCUT2D eigenvalue weighted by atomic mass is 10.2. The predicted octanol–water partition coefficient (Wildman–Crippen LogP) is 2.72. The summed E-state index contributed by atoms with van der Waals surface area (Å²) in [5.74, 6) is -0.267. The average molecular weight is 423 g/mol. The highest BCUT2D eigenvalue weighted by Crippen LogP contribution is 2.18. The first-order valence-corrected chi connectivity index (χ1v) is 10.2. The van der Waals surface area contributed by atoms with Gasteiger partial charge in [-0.05, 0) is 45.0 Å². The maximum atomic E-state index is 13.1. The second-order valence-corrected chi connectivity index (χ2v) is 8.45. The standard InChI is InChI=1S/C21H30FN3O5/c1-21(2,3)30-20(27)25-12-13-28-18(14-25)15-29-19(26)24-10-8-23(9-11-24)17-6-4-16(22)5-7-17/h4-7,18H,8-15H2,1-3H3/t18-/m1/s1. The predicted molar refractivity (Wildman–Crippen MR) is 109 cm³/mol. The Morgan fingerprint density at radius 1 is 1.03 bits per heavy atom. The summed E-state index contributed by atoms with van der Waals surface area (Å²) in [4.78, 5) is 30.0. The molecule has 166 valence electrons. The van der Waals surface area contributed by atoms with Crippen molar-refractivity contribution in [1.82, 2.24) is 9.80 Å². The Labute approximate surface area is 176 Å². The van der Waals surface area contributed by atoms with Crippen molar-refractivity contribution in [2.24, 2.45) is 0 Å². The van der Waals surface area contributed by atoms with Crippen LogP contribution in [-0.4, -0.2) is 86.2 Å². The summed E-state index contributed by atoms with van der Waals surface area (Å²) in [6.45, 7) is 9.01. The highest BCUT2D eigenvalue weighted by molar-refractivity contribution is 5.69. The van der Waals surface area contributed by atoms with Gasteiger partial charge in [-0.25, -0.2) is 14.0 Å². The molecular weight excluding hydrogens is 393 g/mol. The minimum absolute atomic E-state index is 0.0797. The summed E-state index contributed by atoms with van der Waals surface area (Å²) >= 11 is 0. The van der Waals surface area contributed by atoms with E-state index in [1.807, 2.05) is 20.8 Å². The summed E-state index contributed by atoms with van der Waals surface area (Å²) in [5, 5.41) is 0. The Morgan fingerprint density at radius 3 is 2.33 bits per heavy atom. The molecule has 0 aromatic heterocycles. The lowest BCUT2D eigenvalue weighted by Crippen LogP contribution is -2.51. The smallest absolute Gasteiger partial charge is 0.410 e. The van der Waals surface area contributed by atoms with Crippen molar-refractivity contribution >= 4 is 17.9 Å². The lowest BCUT2D eigenvalue weighted by Gasteiger charge is -2.36. The van der Waals surface area contributed by atoms with E-state index in [1.165, 1.54) is 12.1 Å². The SMILES string of the molecule is CC(C)(C)OC(=O)N1CCO[C@@H](COC(=O)N2CCN(c3ccc(F)cc3)CC2)C1. The molecule has 8 nitrogen and oxygen atoms in total. The highest BCUT2D eigenvalue weighted by atomic mass is 19.1. The first kappa shape index (κ1) is 22.1. The van der Waals surface area contributed by atoms with Crippen LogP contribution in [0.2, 0.25) is 0 Å². The van der Waals surface area contributed by atoms with E-state index in [0.717, 1.165) is 5.69 Å². The Hall–Kier alpha value is -2.55. The number of benzene rings is 1. The van der Waals surface area contributed by atoms with Crippen LogP contribution >= 0.6 is 0 Å². The first-order valence-electron chi connectivity index (χ1n) is 10.2. The zero-order valence-electron chi connectivity index (χ0n) is 17.8. The molecule has 2 amide bonds. The number of nitrogens with zero attached hydrogens (tertiary/aromatic N) is 3. The molecule has 0 bridgehead atoms. The van der Waals surface area contributed by atoms with Crippen LogP contribution in [0.4, 0.5) is 19.7 Å². The van der Waals surface area contributed by atoms with Crippen LogP contribution < -0.4 is 4.90 Å². The van der Waals surface area contributed by atoms with Crippen LogP contribution in [0.25, 0.3) is 0 Å². The molecule has 1 aromatic carbocycles. The lowest BCUT2D eigenvalue weighted by molar-refractivity contribution is -0.0638. The number of ether oxygens (including phenoxy) is 3. The molecule has 0 aliphatic carbocycles. The van der Waals surface area contributed by atoms with Crippen LogP contribution in [0.1, 0.15) is 20.8 Å². The molecule has 1 atom stereocenters. The zero-order chi connectivity index (χ0) is 21.7. The number of carbonyl (C=O) groups excluding carboxylic acids is 2. The van der Waals surface area contributed by atoms with Gasteiger partial charge in [0.05, 0.1) is 13.2 Å². The van der Waals surface area contributed by atoms with Crippen molar-refractivity contribution < 1.29 is 28.2 Å². The molecule has 0 spiro atoms. The Kier molecular flexibility index (Phi) is 7.02. The number of hydrogen-bond acceptors (Lipinski definition) is 6. The van der Waals surface area contributed by atoms with Crippen molar-refractivity contribution in [3.63, 3.8) is 0 Å². The van der Waals surface area contributed by atoms with E-state index in [1.54, 1.807) is 21.9 Å². The third-order valence-corrected chi connectivity index (χ3v) is 4.91. The number of rotatable bonds is 3. The number of anilines is 1. The normalized spacial score (nSPS) is 20.1. The summed E-state index contributed by atoms with van der Waals surface area (Å²) in [5.41, 5.74) is 0.371. The van der Waals surface area contributed by atoms with Gasteiger partial charge >= 0.3 is 12.2 Å². The van der Waals surface area contributed by atoms with E-state index in [-0.39, 0.29) is 24.6 Å². The van der Waals surface area contributed by atoms with Crippen LogP contribution in [0, 0.1) is 5.82 Å². The number of carbonyl (C=O) groups is 2. The second-order valence-electron chi connectivity index (χ2n) is 8.45. The van der Waals surface area contributed by atoms with Gasteiger partial charge in [0, 0.05) is 38.4 Å². The number of hydrogen-bond donors (Lipinski definition) is 0. The summed E-state index contributed by atoms with van der Waals surface area (Å²) in [6, 6.07) is 6.34. The van der Waals surface area contributed by atoms with Crippen LogP contribution in [0.3, 0.4) is 0 Å². The topological polar surface area (TPSA) is 71.5 Å². The van der Waals surface area contributed by atoms with Gasteiger partial charge in [-0.15, -0.1) is 0 Å². The maximum Gasteiger partial charge on any atom is 0.410 e. The van der Waals surface area contributed by atoms with Crippen molar-refractivity contribution in [3.8, 4) is 0 Å². The van der Waals surface area contributed by atoms with E-state index in [9.17, 15) is 14.0 Å². The monoisotopic (exact) mass is 423 g/mol. The molecule has 0 radical (unpaired) electrons. The van der Waals surface area contributed by atoms with Crippen molar-refractivity contribution in [1.29, 1.82) is 0 Å². The highest BCUT2D eigenvalue weighted by Gasteiger charge is 2.30. The minimum atomic E-state index is -0.562. The van der Waals surface area contributed by atoms with Crippen LogP contribution in [0.15, 0.2) is 24.3 Å². The van der Waals surface area contributed by atoms with Gasteiger partial charge in [0.15, 0.2) is 0 Å². The average Bonchev–Trinajstić information content (AvgIpc) is 2.72. The van der Waals surface area contributed by atoms with E-state index in [2.05, 4.69) is 4.90 Å². The number of halogens is 1. The number of piperazine rings is 1. The Bertz CT molecular complexity index is 729. The third-order valence-electron chi connectivity index (χ3n) is 4.91. The Balaban J connectivity index is 1.41. The van der Waals surface area contributed by atoms with Crippen molar-refractivity contribution in [3.05, 3.63) is 30.1 Å². The van der Waals surface area contributed by atoms with E-state index >= 15 is 0 Å². The largest absolute Gasteiger partial charge is 0.447 e. The van der Waals surface area contributed by atoms with Crippen molar-refractivity contribution in [2.45, 2.75) is 32.5 Å². The molecule has 1 aromatic rings. The quantitative estimate of drug-likeness (QED) is 0.745. The molecule has 0 saturated carbocycles. The van der Waals surface area contributed by atoms with Crippen molar-refractivity contribution in [2.75, 3.05) is 57.4 Å². The molecule has 3 rings (SSSR count). The Morgan fingerprint density at radius 2 is 1.70 bits per heavy atom. The summed E-state index contributed by atoms with van der Waals surface area (Å²) in [7, 11) is 0. The van der Waals surface area contributed by atoms with Gasteiger partial charge in [0.2, 0.25) is 0 Å². The fourth-order valence-corrected chi connectivity index (χ4v) is 3.37. The molecular formula is C21H30FN3O5. The molecule has 0 N–H and O–H groups in total. The molecule has 30 heavy (non-hydrogen) atoms. The van der Waals surface area contributed by atoms with Gasteiger partial charge in [-0.2, -0.15) is 0 Å². The number of morpholine rings is 1. The van der Waals surface area contributed by atoms with Gasteiger partial charge in [-0.1, -0.05) is 0 Å². The molecule has 2 saturated heterocycles. The van der Waals surface area contributed by atoms with Gasteiger partial charge in [0.1, 0.15) is 24.1 Å². The van der Waals surface area contributed by atoms with Gasteiger partial charge in [-0.3, -0.25) is 0 Å². The zero-order valence-corrected chi connectivity index (χ0v) is 17.8. The van der Waals surface area contributed by atoms with E-state index < -0.39 is 11.7 Å². The summed E-state index contributed by atoms with van der Waals surface area (Å²) < 4.78 is 29.5. The fourth-order valence-electron chi connectivity index (χ4n) is 3.37. The summed E-state index contributed by atoms with van der Waals surface area (Å²) in [6.07, 6.45) is -1.17. The molecule has 2 aliphatic rings. The van der Waals surface area contributed by atoms with E-state index in [4.69, 9.17) is 14.2 Å². The molecule has 2 heterocycles. The van der Waals surface area contributed by atoms with Gasteiger partial charge < -0.3 is 28.9 Å². The molecule has 2 fully saturated rings. The first-order chi connectivity index (χ1) is 14.2.